The van der Waals surface area contributed by atoms with Gasteiger partial charge in [0.15, 0.2) is 0 Å². The largest absolute Gasteiger partial charge is 0.466 e. The minimum atomic E-state index is -0.337. The van der Waals surface area contributed by atoms with Crippen LogP contribution in [0, 0.1) is 0 Å². The molecular formula is C9H14BrNO2. The van der Waals surface area contributed by atoms with Gasteiger partial charge in [0.2, 0.25) is 0 Å². The fraction of sp³-hybridized carbons (Fsp3) is 0.556. The van der Waals surface area contributed by atoms with Crippen LogP contribution in [0.2, 0.25) is 0 Å². The molecule has 13 heavy (non-hydrogen) atoms. The second-order valence-corrected chi connectivity index (χ2v) is 3.97. The van der Waals surface area contributed by atoms with Crippen molar-refractivity contribution in [2.75, 3.05) is 6.54 Å². The zero-order chi connectivity index (χ0) is 9.84. The zero-order valence-corrected chi connectivity index (χ0v) is 9.34. The third-order valence-electron chi connectivity index (χ3n) is 1.76. The average Bonchev–Trinajstić information content (AvgIpc) is 2.47. The lowest BCUT2D eigenvalue weighted by Gasteiger charge is -2.13. The molecule has 0 fully saturated rings. The van der Waals surface area contributed by atoms with E-state index in [0.29, 0.717) is 6.54 Å². The molecule has 4 heteroatoms. The van der Waals surface area contributed by atoms with Gasteiger partial charge in [-0.1, -0.05) is 0 Å². The molecule has 0 spiro atoms. The first-order valence-electron chi connectivity index (χ1n) is 4.25. The Morgan fingerprint density at radius 1 is 1.62 bits per heavy atom. The van der Waals surface area contributed by atoms with Crippen LogP contribution in [0.15, 0.2) is 21.2 Å². The molecule has 2 N–H and O–H groups in total. The second kappa shape index (κ2) is 4.79. The molecule has 0 aliphatic heterocycles. The van der Waals surface area contributed by atoms with Crippen LogP contribution in [0.3, 0.4) is 0 Å². The van der Waals surface area contributed by atoms with Crippen molar-refractivity contribution < 1.29 is 9.52 Å². The van der Waals surface area contributed by atoms with Crippen LogP contribution in [-0.2, 0) is 0 Å². The van der Waals surface area contributed by atoms with E-state index in [1.165, 1.54) is 0 Å². The Morgan fingerprint density at radius 3 is 2.77 bits per heavy atom. The Labute approximate surface area is 86.3 Å². The van der Waals surface area contributed by atoms with Gasteiger partial charge in [-0.05, 0) is 35.8 Å². The van der Waals surface area contributed by atoms with Gasteiger partial charge >= 0.3 is 0 Å². The topological polar surface area (TPSA) is 45.4 Å². The Balaban J connectivity index is 2.49. The van der Waals surface area contributed by atoms with Crippen molar-refractivity contribution in [1.29, 1.82) is 0 Å². The molecule has 0 saturated carbocycles. The number of aliphatic hydroxyl groups excluding tert-OH is 1. The number of hydrogen-bond acceptors (Lipinski definition) is 3. The van der Waals surface area contributed by atoms with Gasteiger partial charge in [0.05, 0.1) is 22.9 Å². The van der Waals surface area contributed by atoms with Crippen molar-refractivity contribution in [2.24, 2.45) is 0 Å². The summed E-state index contributed by atoms with van der Waals surface area (Å²) in [7, 11) is 0. The highest BCUT2D eigenvalue weighted by Crippen LogP contribution is 2.23. The normalized spacial score (nSPS) is 15.7. The van der Waals surface area contributed by atoms with E-state index >= 15 is 0 Å². The van der Waals surface area contributed by atoms with E-state index in [1.807, 2.05) is 13.0 Å². The minimum absolute atomic E-state index is 0.110. The van der Waals surface area contributed by atoms with Gasteiger partial charge in [0, 0.05) is 6.54 Å². The summed E-state index contributed by atoms with van der Waals surface area (Å²) in [4.78, 5) is 0. The number of nitrogens with one attached hydrogen (secondary N) is 1. The number of furan rings is 1. The van der Waals surface area contributed by atoms with Crippen LogP contribution in [0.4, 0.5) is 0 Å². The average molecular weight is 248 g/mol. The Hall–Kier alpha value is -0.320. The molecule has 0 radical (unpaired) electrons. The lowest BCUT2D eigenvalue weighted by atomic mass is 10.2. The maximum atomic E-state index is 9.06. The summed E-state index contributed by atoms with van der Waals surface area (Å²) >= 11 is 3.38. The summed E-state index contributed by atoms with van der Waals surface area (Å²) in [6.45, 7) is 4.30. The molecule has 2 atom stereocenters. The third kappa shape index (κ3) is 3.14. The van der Waals surface area contributed by atoms with Gasteiger partial charge in [-0.15, -0.1) is 0 Å². The molecule has 1 rings (SSSR count). The molecule has 1 aromatic heterocycles. The van der Waals surface area contributed by atoms with Crippen molar-refractivity contribution in [1.82, 2.24) is 5.32 Å². The first kappa shape index (κ1) is 10.8. The van der Waals surface area contributed by atoms with Crippen molar-refractivity contribution in [3.63, 3.8) is 0 Å². The van der Waals surface area contributed by atoms with E-state index in [-0.39, 0.29) is 12.1 Å². The first-order chi connectivity index (χ1) is 6.11. The van der Waals surface area contributed by atoms with Gasteiger partial charge in [-0.2, -0.15) is 0 Å². The van der Waals surface area contributed by atoms with Gasteiger partial charge in [0.1, 0.15) is 5.76 Å². The van der Waals surface area contributed by atoms with Crippen molar-refractivity contribution in [3.05, 3.63) is 22.6 Å². The molecular weight excluding hydrogens is 234 g/mol. The van der Waals surface area contributed by atoms with E-state index < -0.39 is 0 Å². The number of rotatable bonds is 4. The second-order valence-electron chi connectivity index (χ2n) is 3.11. The highest BCUT2D eigenvalue weighted by Gasteiger charge is 2.12. The highest BCUT2D eigenvalue weighted by molar-refractivity contribution is 9.10. The molecule has 74 valence electrons. The molecule has 0 aliphatic carbocycles. The fourth-order valence-electron chi connectivity index (χ4n) is 1.05. The summed E-state index contributed by atoms with van der Waals surface area (Å²) in [5.74, 6) is 0.862. The first-order valence-corrected chi connectivity index (χ1v) is 5.05. The van der Waals surface area contributed by atoms with Crippen molar-refractivity contribution in [3.8, 4) is 0 Å². The summed E-state index contributed by atoms with van der Waals surface area (Å²) < 4.78 is 6.22. The van der Waals surface area contributed by atoms with E-state index in [1.54, 1.807) is 13.2 Å². The Kier molecular flexibility index (Phi) is 3.96. The lowest BCUT2D eigenvalue weighted by molar-refractivity contribution is 0.185. The molecule has 1 aromatic rings. The SMILES string of the molecule is CC(NC[C@@H](C)O)c1occc1Br. The maximum Gasteiger partial charge on any atom is 0.134 e. The van der Waals surface area contributed by atoms with E-state index in [4.69, 9.17) is 9.52 Å². The molecule has 0 aliphatic rings. The van der Waals surface area contributed by atoms with Crippen LogP contribution in [0.1, 0.15) is 25.6 Å². The predicted molar refractivity (Wildman–Crippen MR) is 54.5 cm³/mol. The third-order valence-corrected chi connectivity index (χ3v) is 2.41. The molecule has 1 heterocycles. The quantitative estimate of drug-likeness (QED) is 0.857. The van der Waals surface area contributed by atoms with Crippen LogP contribution in [0.5, 0.6) is 0 Å². The maximum absolute atomic E-state index is 9.06. The van der Waals surface area contributed by atoms with Crippen molar-refractivity contribution in [2.45, 2.75) is 26.0 Å². The van der Waals surface area contributed by atoms with Gasteiger partial charge in [0.25, 0.3) is 0 Å². The minimum Gasteiger partial charge on any atom is -0.466 e. The van der Waals surface area contributed by atoms with E-state index in [0.717, 1.165) is 10.2 Å². The molecule has 0 amide bonds. The Morgan fingerprint density at radius 2 is 2.31 bits per heavy atom. The number of halogens is 1. The summed E-state index contributed by atoms with van der Waals surface area (Å²) in [5.41, 5.74) is 0. The highest BCUT2D eigenvalue weighted by atomic mass is 79.9. The molecule has 0 bridgehead atoms. The van der Waals surface area contributed by atoms with Gasteiger partial charge in [-0.25, -0.2) is 0 Å². The monoisotopic (exact) mass is 247 g/mol. The van der Waals surface area contributed by atoms with Crippen LogP contribution in [0.25, 0.3) is 0 Å². The Bertz CT molecular complexity index is 260. The fourth-order valence-corrected chi connectivity index (χ4v) is 1.60. The lowest BCUT2D eigenvalue weighted by Crippen LogP contribution is -2.27. The predicted octanol–water partition coefficient (Wildman–Crippen LogP) is 2.07. The van der Waals surface area contributed by atoms with E-state index in [9.17, 15) is 0 Å². The van der Waals surface area contributed by atoms with Crippen LogP contribution >= 0.6 is 15.9 Å². The number of hydrogen-bond donors (Lipinski definition) is 2. The molecule has 0 aromatic carbocycles. The van der Waals surface area contributed by atoms with E-state index in [2.05, 4.69) is 21.2 Å². The van der Waals surface area contributed by atoms with Crippen LogP contribution < -0.4 is 5.32 Å². The summed E-state index contributed by atoms with van der Waals surface area (Å²) in [5, 5.41) is 12.2. The number of aliphatic hydroxyl groups is 1. The summed E-state index contributed by atoms with van der Waals surface area (Å²) in [6, 6.07) is 1.97. The standard InChI is InChI=1S/C9H14BrNO2/c1-6(12)5-11-7(2)9-8(10)3-4-13-9/h3-4,6-7,11-12H,5H2,1-2H3/t6-,7?/m1/s1. The van der Waals surface area contributed by atoms with Gasteiger partial charge < -0.3 is 14.8 Å². The van der Waals surface area contributed by atoms with Crippen molar-refractivity contribution >= 4 is 15.9 Å². The summed E-state index contributed by atoms with van der Waals surface area (Å²) in [6.07, 6.45) is 1.30. The molecule has 0 saturated heterocycles. The van der Waals surface area contributed by atoms with Gasteiger partial charge in [-0.3, -0.25) is 0 Å². The molecule has 1 unspecified atom stereocenters. The zero-order valence-electron chi connectivity index (χ0n) is 7.75. The smallest absolute Gasteiger partial charge is 0.134 e. The van der Waals surface area contributed by atoms with Crippen LogP contribution in [-0.4, -0.2) is 17.8 Å². The molecule has 3 nitrogen and oxygen atoms in total.